The minimum atomic E-state index is -0.374. The van der Waals surface area contributed by atoms with Crippen LogP contribution in [0.3, 0.4) is 0 Å². The van der Waals surface area contributed by atoms with E-state index in [1.807, 2.05) is 43.3 Å². The lowest BCUT2D eigenvalue weighted by Crippen LogP contribution is -2.20. The summed E-state index contributed by atoms with van der Waals surface area (Å²) in [5.74, 6) is 1.44. The Labute approximate surface area is 166 Å². The number of aromatic amines is 1. The molecular formula is C21H19N5O3. The number of hydrogen-bond donors (Lipinski definition) is 2. The predicted molar refractivity (Wildman–Crippen MR) is 109 cm³/mol. The van der Waals surface area contributed by atoms with E-state index in [1.54, 1.807) is 19.2 Å². The van der Waals surface area contributed by atoms with E-state index in [0.717, 1.165) is 22.4 Å². The second-order valence-corrected chi connectivity index (χ2v) is 6.58. The smallest absolute Gasteiger partial charge is 0.254 e. The third-order valence-electron chi connectivity index (χ3n) is 4.52. The van der Waals surface area contributed by atoms with E-state index in [-0.39, 0.29) is 29.5 Å². The Morgan fingerprint density at radius 1 is 1.17 bits per heavy atom. The topological polar surface area (TPSA) is 101 Å². The van der Waals surface area contributed by atoms with Crippen molar-refractivity contribution in [3.8, 4) is 17.1 Å². The van der Waals surface area contributed by atoms with E-state index in [2.05, 4.69) is 20.4 Å². The van der Waals surface area contributed by atoms with Gasteiger partial charge >= 0.3 is 0 Å². The fraction of sp³-hybridized carbons (Fsp3) is 0.143. The van der Waals surface area contributed by atoms with Crippen molar-refractivity contribution in [2.75, 3.05) is 12.4 Å². The molecule has 0 fully saturated rings. The number of amides is 1. The molecule has 4 aromatic rings. The summed E-state index contributed by atoms with van der Waals surface area (Å²) < 4.78 is 6.55. The molecule has 8 heteroatoms. The highest BCUT2D eigenvalue weighted by atomic mass is 16.5. The molecule has 0 bridgehead atoms. The van der Waals surface area contributed by atoms with Crippen molar-refractivity contribution in [1.29, 1.82) is 0 Å². The van der Waals surface area contributed by atoms with Gasteiger partial charge in [0.2, 0.25) is 11.7 Å². The van der Waals surface area contributed by atoms with Gasteiger partial charge in [-0.1, -0.05) is 36.4 Å². The van der Waals surface area contributed by atoms with Crippen molar-refractivity contribution in [3.05, 3.63) is 76.1 Å². The van der Waals surface area contributed by atoms with Crippen molar-refractivity contribution in [3.63, 3.8) is 0 Å². The highest BCUT2D eigenvalue weighted by Crippen LogP contribution is 2.20. The molecule has 1 amide bonds. The molecule has 2 aromatic carbocycles. The van der Waals surface area contributed by atoms with Gasteiger partial charge in [-0.3, -0.25) is 14.6 Å². The molecule has 2 N–H and O–H groups in total. The molecule has 0 aliphatic rings. The maximum Gasteiger partial charge on any atom is 0.254 e. The van der Waals surface area contributed by atoms with Gasteiger partial charge in [-0.2, -0.15) is 9.50 Å². The Morgan fingerprint density at radius 2 is 1.93 bits per heavy atom. The van der Waals surface area contributed by atoms with Crippen molar-refractivity contribution in [2.24, 2.45) is 0 Å². The van der Waals surface area contributed by atoms with E-state index in [1.165, 1.54) is 10.6 Å². The third kappa shape index (κ3) is 3.86. The van der Waals surface area contributed by atoms with E-state index in [4.69, 9.17) is 4.74 Å². The molecule has 2 heterocycles. The molecule has 0 atom stereocenters. The summed E-state index contributed by atoms with van der Waals surface area (Å²) in [6, 6.07) is 16.2. The van der Waals surface area contributed by atoms with Gasteiger partial charge < -0.3 is 10.1 Å². The SMILES string of the molecule is COc1ccc(CC(=O)Nc2cc(=O)[nH]c3nc(-c4ccccc4C)nn23)cc1. The summed E-state index contributed by atoms with van der Waals surface area (Å²) in [6.07, 6.45) is 0.150. The monoisotopic (exact) mass is 389 g/mol. The third-order valence-corrected chi connectivity index (χ3v) is 4.52. The normalized spacial score (nSPS) is 10.8. The van der Waals surface area contributed by atoms with Gasteiger partial charge in [0, 0.05) is 11.6 Å². The van der Waals surface area contributed by atoms with Gasteiger partial charge in [-0.05, 0) is 30.2 Å². The zero-order valence-corrected chi connectivity index (χ0v) is 16.0. The Balaban J connectivity index is 1.63. The van der Waals surface area contributed by atoms with Crippen LogP contribution in [0.25, 0.3) is 17.2 Å². The molecule has 0 spiro atoms. The maximum atomic E-state index is 12.5. The number of nitrogens with zero attached hydrogens (tertiary/aromatic N) is 3. The van der Waals surface area contributed by atoms with E-state index < -0.39 is 0 Å². The summed E-state index contributed by atoms with van der Waals surface area (Å²) >= 11 is 0. The first-order valence-electron chi connectivity index (χ1n) is 9.02. The van der Waals surface area contributed by atoms with Crippen LogP contribution < -0.4 is 15.6 Å². The zero-order chi connectivity index (χ0) is 20.4. The molecule has 8 nitrogen and oxygen atoms in total. The lowest BCUT2D eigenvalue weighted by atomic mass is 10.1. The number of H-pyrrole nitrogens is 1. The Bertz CT molecular complexity index is 1240. The van der Waals surface area contributed by atoms with Crippen LogP contribution in [0, 0.1) is 6.92 Å². The number of rotatable bonds is 5. The van der Waals surface area contributed by atoms with Crippen LogP contribution in [0.1, 0.15) is 11.1 Å². The van der Waals surface area contributed by atoms with Gasteiger partial charge in [-0.15, -0.1) is 5.10 Å². The standard InChI is InChI=1S/C21H19N5O3/c1-13-5-3-4-6-16(13)20-24-21-23-19(28)12-17(26(21)25-20)22-18(27)11-14-7-9-15(29-2)10-8-14/h3-10,12H,11H2,1-2H3,(H,22,27)(H,23,24,25,28). The van der Waals surface area contributed by atoms with Crippen molar-refractivity contribution in [1.82, 2.24) is 19.6 Å². The van der Waals surface area contributed by atoms with Crippen LogP contribution in [0.15, 0.2) is 59.4 Å². The van der Waals surface area contributed by atoms with Crippen LogP contribution in [0.5, 0.6) is 5.75 Å². The van der Waals surface area contributed by atoms with Crippen molar-refractivity contribution in [2.45, 2.75) is 13.3 Å². The first kappa shape index (κ1) is 18.4. The predicted octanol–water partition coefficient (Wildman–Crippen LogP) is 2.58. The molecule has 2 aromatic heterocycles. The zero-order valence-electron chi connectivity index (χ0n) is 16.0. The lowest BCUT2D eigenvalue weighted by Gasteiger charge is -2.07. The van der Waals surface area contributed by atoms with E-state index in [0.29, 0.717) is 5.82 Å². The average molecular weight is 389 g/mol. The van der Waals surface area contributed by atoms with Crippen LogP contribution in [0.4, 0.5) is 5.82 Å². The number of carbonyl (C=O) groups is 1. The number of carbonyl (C=O) groups excluding carboxylic acids is 1. The number of fused-ring (bicyclic) bond motifs is 1. The minimum absolute atomic E-state index is 0.150. The Hall–Kier alpha value is -3.94. The molecule has 0 radical (unpaired) electrons. The highest BCUT2D eigenvalue weighted by molar-refractivity contribution is 5.91. The fourth-order valence-corrected chi connectivity index (χ4v) is 3.04. The maximum absolute atomic E-state index is 12.5. The number of nitrogens with one attached hydrogen (secondary N) is 2. The van der Waals surface area contributed by atoms with Gasteiger partial charge in [0.25, 0.3) is 5.56 Å². The molecule has 4 rings (SSSR count). The minimum Gasteiger partial charge on any atom is -0.497 e. The van der Waals surface area contributed by atoms with Gasteiger partial charge in [0.15, 0.2) is 5.82 Å². The number of aromatic nitrogens is 4. The Morgan fingerprint density at radius 3 is 2.66 bits per heavy atom. The molecular weight excluding hydrogens is 370 g/mol. The van der Waals surface area contributed by atoms with Crippen molar-refractivity contribution >= 4 is 17.5 Å². The summed E-state index contributed by atoms with van der Waals surface area (Å²) in [7, 11) is 1.59. The molecule has 0 saturated heterocycles. The summed E-state index contributed by atoms with van der Waals surface area (Å²) in [6.45, 7) is 1.96. The van der Waals surface area contributed by atoms with Gasteiger partial charge in [0.05, 0.1) is 13.5 Å². The number of anilines is 1. The largest absolute Gasteiger partial charge is 0.497 e. The Kier molecular flexibility index (Phi) is 4.82. The number of ether oxygens (including phenoxy) is 1. The molecule has 0 aliphatic carbocycles. The number of methoxy groups -OCH3 is 1. The molecule has 29 heavy (non-hydrogen) atoms. The second kappa shape index (κ2) is 7.59. The summed E-state index contributed by atoms with van der Waals surface area (Å²) in [5.41, 5.74) is 2.31. The van der Waals surface area contributed by atoms with E-state index >= 15 is 0 Å². The first-order valence-corrected chi connectivity index (χ1v) is 9.02. The van der Waals surface area contributed by atoms with Crippen LogP contribution in [0.2, 0.25) is 0 Å². The molecule has 0 saturated carbocycles. The van der Waals surface area contributed by atoms with E-state index in [9.17, 15) is 9.59 Å². The first-order chi connectivity index (χ1) is 14.0. The lowest BCUT2D eigenvalue weighted by molar-refractivity contribution is -0.115. The number of benzene rings is 2. The number of hydrogen-bond acceptors (Lipinski definition) is 5. The van der Waals surface area contributed by atoms with Crippen LogP contribution in [-0.4, -0.2) is 32.6 Å². The van der Waals surface area contributed by atoms with Gasteiger partial charge in [-0.25, -0.2) is 0 Å². The van der Waals surface area contributed by atoms with Crippen molar-refractivity contribution < 1.29 is 9.53 Å². The molecule has 0 unspecified atom stereocenters. The van der Waals surface area contributed by atoms with Crippen LogP contribution in [-0.2, 0) is 11.2 Å². The summed E-state index contributed by atoms with van der Waals surface area (Å²) in [4.78, 5) is 31.6. The van der Waals surface area contributed by atoms with Crippen LogP contribution >= 0.6 is 0 Å². The number of aryl methyl sites for hydroxylation is 1. The highest BCUT2D eigenvalue weighted by Gasteiger charge is 2.14. The summed E-state index contributed by atoms with van der Waals surface area (Å²) in [5, 5.41) is 7.22. The molecule has 146 valence electrons. The quantitative estimate of drug-likeness (QED) is 0.546. The fourth-order valence-electron chi connectivity index (χ4n) is 3.04. The average Bonchev–Trinajstić information content (AvgIpc) is 3.12. The second-order valence-electron chi connectivity index (χ2n) is 6.58. The van der Waals surface area contributed by atoms with Gasteiger partial charge in [0.1, 0.15) is 11.6 Å². The molecule has 0 aliphatic heterocycles.